The van der Waals surface area contributed by atoms with Gasteiger partial charge in [0.15, 0.2) is 0 Å². The Bertz CT molecular complexity index is 855. The van der Waals surface area contributed by atoms with Gasteiger partial charge >= 0.3 is 0 Å². The largest absolute Gasteiger partial charge is 0.508 e. The summed E-state index contributed by atoms with van der Waals surface area (Å²) in [5.41, 5.74) is 3.95. The summed E-state index contributed by atoms with van der Waals surface area (Å²) in [6, 6.07) is 19.2. The van der Waals surface area contributed by atoms with Crippen molar-refractivity contribution in [3.63, 3.8) is 0 Å². The number of rotatable bonds is 7. The average Bonchev–Trinajstić information content (AvgIpc) is 2.79. The topological polar surface area (TPSA) is 53.7 Å². The molecule has 1 unspecified atom stereocenters. The zero-order valence-corrected chi connectivity index (χ0v) is 17.7. The molecule has 1 atom stereocenters. The summed E-state index contributed by atoms with van der Waals surface area (Å²) >= 11 is 0. The Hall–Kier alpha value is -2.55. The number of aromatic hydroxyl groups is 1. The molecule has 1 heterocycles. The highest BCUT2D eigenvalue weighted by molar-refractivity contribution is 5.46. The minimum atomic E-state index is 0.356. The first-order valence-corrected chi connectivity index (χ1v) is 11.2. The van der Waals surface area contributed by atoms with Crippen molar-refractivity contribution in [3.05, 3.63) is 59.7 Å². The predicted molar refractivity (Wildman–Crippen MR) is 121 cm³/mol. The van der Waals surface area contributed by atoms with Gasteiger partial charge in [0.25, 0.3) is 0 Å². The summed E-state index contributed by atoms with van der Waals surface area (Å²) in [5.74, 6) is 0.356. The Morgan fingerprint density at radius 3 is 2.57 bits per heavy atom. The monoisotopic (exact) mass is 404 g/mol. The summed E-state index contributed by atoms with van der Waals surface area (Å²) in [4.78, 5) is 7.54. The molecule has 1 fully saturated rings. The van der Waals surface area contributed by atoms with E-state index in [1.807, 2.05) is 6.07 Å². The van der Waals surface area contributed by atoms with E-state index in [1.165, 1.54) is 16.8 Å². The van der Waals surface area contributed by atoms with Crippen LogP contribution in [0, 0.1) is 11.3 Å². The van der Waals surface area contributed by atoms with E-state index in [9.17, 15) is 5.11 Å². The van der Waals surface area contributed by atoms with Crippen LogP contribution in [-0.2, 0) is 12.8 Å². The van der Waals surface area contributed by atoms with Gasteiger partial charge in [0.2, 0.25) is 0 Å². The van der Waals surface area contributed by atoms with Gasteiger partial charge in [-0.1, -0.05) is 24.3 Å². The van der Waals surface area contributed by atoms with Crippen LogP contribution in [0.2, 0.25) is 0 Å². The molecule has 0 aromatic heterocycles. The molecule has 2 aliphatic rings. The van der Waals surface area contributed by atoms with Gasteiger partial charge < -0.3 is 10.0 Å². The van der Waals surface area contributed by atoms with Gasteiger partial charge in [0, 0.05) is 64.0 Å². The van der Waals surface area contributed by atoms with Crippen LogP contribution in [0.25, 0.3) is 0 Å². The third kappa shape index (κ3) is 5.13. The second-order valence-corrected chi connectivity index (χ2v) is 8.46. The molecule has 2 aromatic rings. The number of aryl methyl sites for hydroxylation is 1. The van der Waals surface area contributed by atoms with Crippen molar-refractivity contribution in [1.82, 2.24) is 9.80 Å². The molecular weight excluding hydrogens is 372 g/mol. The molecule has 0 amide bonds. The van der Waals surface area contributed by atoms with Crippen LogP contribution in [-0.4, -0.2) is 66.8 Å². The number of phenolic OH excluding ortho intramolecular Hbond substituents is 1. The molecule has 1 aliphatic heterocycles. The van der Waals surface area contributed by atoms with Crippen LogP contribution in [0.1, 0.15) is 24.0 Å². The number of anilines is 1. The number of nitrogens with zero attached hydrogens (tertiary/aromatic N) is 4. The van der Waals surface area contributed by atoms with Crippen molar-refractivity contribution in [2.75, 3.05) is 50.7 Å². The van der Waals surface area contributed by atoms with E-state index in [2.05, 4.69) is 57.2 Å². The first-order chi connectivity index (χ1) is 14.7. The summed E-state index contributed by atoms with van der Waals surface area (Å²) in [6.45, 7) is 7.20. The van der Waals surface area contributed by atoms with Gasteiger partial charge in [-0.15, -0.1) is 0 Å². The first-order valence-electron chi connectivity index (χ1n) is 11.2. The number of phenols is 1. The lowest BCUT2D eigenvalue weighted by Crippen LogP contribution is -2.50. The SMILES string of the molecule is N#CCCN(CCN1CCN(c2ccccc2)CC1)C1CCc2ccc(O)cc2C1. The highest BCUT2D eigenvalue weighted by atomic mass is 16.3. The normalized spacial score (nSPS) is 19.5. The van der Waals surface area contributed by atoms with E-state index in [1.54, 1.807) is 6.07 Å². The van der Waals surface area contributed by atoms with Gasteiger partial charge in [-0.3, -0.25) is 9.80 Å². The van der Waals surface area contributed by atoms with Crippen LogP contribution in [0.15, 0.2) is 48.5 Å². The van der Waals surface area contributed by atoms with Crippen molar-refractivity contribution in [2.45, 2.75) is 31.7 Å². The van der Waals surface area contributed by atoms with E-state index < -0.39 is 0 Å². The Morgan fingerprint density at radius 1 is 1.00 bits per heavy atom. The summed E-state index contributed by atoms with van der Waals surface area (Å²) in [7, 11) is 0. The molecule has 30 heavy (non-hydrogen) atoms. The number of fused-ring (bicyclic) bond motifs is 1. The first kappa shape index (κ1) is 20.7. The fourth-order valence-electron chi connectivity index (χ4n) is 4.84. The minimum absolute atomic E-state index is 0.356. The molecule has 0 spiro atoms. The zero-order valence-electron chi connectivity index (χ0n) is 17.7. The van der Waals surface area contributed by atoms with Crippen molar-refractivity contribution in [3.8, 4) is 11.8 Å². The maximum atomic E-state index is 9.86. The maximum Gasteiger partial charge on any atom is 0.115 e. The van der Waals surface area contributed by atoms with Crippen LogP contribution in [0.3, 0.4) is 0 Å². The van der Waals surface area contributed by atoms with Crippen LogP contribution in [0.4, 0.5) is 5.69 Å². The molecule has 5 nitrogen and oxygen atoms in total. The molecule has 158 valence electrons. The van der Waals surface area contributed by atoms with Crippen LogP contribution >= 0.6 is 0 Å². The third-order valence-corrected chi connectivity index (χ3v) is 6.62. The summed E-state index contributed by atoms with van der Waals surface area (Å²) in [5, 5.41) is 19.0. The van der Waals surface area contributed by atoms with Gasteiger partial charge in [-0.25, -0.2) is 0 Å². The highest BCUT2D eigenvalue weighted by Gasteiger charge is 2.25. The molecule has 4 rings (SSSR count). The molecule has 0 bridgehead atoms. The molecule has 1 aliphatic carbocycles. The Balaban J connectivity index is 1.31. The van der Waals surface area contributed by atoms with Gasteiger partial charge in [-0.2, -0.15) is 5.26 Å². The second kappa shape index (κ2) is 9.97. The standard InChI is InChI=1S/C25H32N4O/c26-11-4-12-28(24-9-7-21-8-10-25(30)20-22(21)19-24)16-13-27-14-17-29(18-15-27)23-5-2-1-3-6-23/h1-3,5-6,8,10,20,24,30H,4,7,9,12-19H2. The number of para-hydroxylation sites is 1. The van der Waals surface area contributed by atoms with Crippen molar-refractivity contribution < 1.29 is 5.11 Å². The molecule has 1 N–H and O–H groups in total. The smallest absolute Gasteiger partial charge is 0.115 e. The molecule has 0 radical (unpaired) electrons. The average molecular weight is 405 g/mol. The molecule has 5 heteroatoms. The fraction of sp³-hybridized carbons (Fsp3) is 0.480. The Morgan fingerprint density at radius 2 is 1.80 bits per heavy atom. The molecule has 0 saturated carbocycles. The maximum absolute atomic E-state index is 9.86. The van der Waals surface area contributed by atoms with Gasteiger partial charge in [-0.05, 0) is 54.7 Å². The van der Waals surface area contributed by atoms with E-state index in [0.717, 1.165) is 65.1 Å². The van der Waals surface area contributed by atoms with Crippen molar-refractivity contribution in [2.24, 2.45) is 0 Å². The fourth-order valence-corrected chi connectivity index (χ4v) is 4.84. The third-order valence-electron chi connectivity index (χ3n) is 6.62. The lowest BCUT2D eigenvalue weighted by molar-refractivity contribution is 0.148. The lowest BCUT2D eigenvalue weighted by atomic mass is 9.87. The number of piperazine rings is 1. The summed E-state index contributed by atoms with van der Waals surface area (Å²) < 4.78 is 0. The quantitative estimate of drug-likeness (QED) is 0.768. The number of hydrogen-bond acceptors (Lipinski definition) is 5. The Labute approximate surface area is 180 Å². The lowest BCUT2D eigenvalue weighted by Gasteiger charge is -2.39. The molecule has 1 saturated heterocycles. The summed E-state index contributed by atoms with van der Waals surface area (Å²) in [6.07, 6.45) is 3.73. The van der Waals surface area contributed by atoms with Crippen LogP contribution in [0.5, 0.6) is 5.75 Å². The predicted octanol–water partition coefficient (Wildman–Crippen LogP) is 3.29. The van der Waals surface area contributed by atoms with E-state index in [-0.39, 0.29) is 0 Å². The second-order valence-electron chi connectivity index (χ2n) is 8.46. The Kier molecular flexibility index (Phi) is 6.88. The number of benzene rings is 2. The molecule has 2 aromatic carbocycles. The highest BCUT2D eigenvalue weighted by Crippen LogP contribution is 2.27. The van der Waals surface area contributed by atoms with Crippen LogP contribution < -0.4 is 4.90 Å². The van der Waals surface area contributed by atoms with E-state index in [4.69, 9.17) is 5.26 Å². The zero-order chi connectivity index (χ0) is 20.8. The number of hydrogen-bond donors (Lipinski definition) is 1. The number of nitriles is 1. The van der Waals surface area contributed by atoms with Gasteiger partial charge in [0.05, 0.1) is 6.07 Å². The van der Waals surface area contributed by atoms with E-state index in [0.29, 0.717) is 18.2 Å². The van der Waals surface area contributed by atoms with Crippen molar-refractivity contribution >= 4 is 5.69 Å². The van der Waals surface area contributed by atoms with Gasteiger partial charge in [0.1, 0.15) is 5.75 Å². The molecular formula is C25H32N4O. The van der Waals surface area contributed by atoms with E-state index >= 15 is 0 Å². The van der Waals surface area contributed by atoms with Crippen molar-refractivity contribution in [1.29, 1.82) is 5.26 Å². The minimum Gasteiger partial charge on any atom is -0.508 e.